The minimum atomic E-state index is -4.55. The lowest BCUT2D eigenvalue weighted by atomic mass is 9.95. The van der Waals surface area contributed by atoms with Crippen molar-refractivity contribution in [1.29, 1.82) is 0 Å². The number of rotatable bonds is 0. The molecule has 1 aliphatic rings. The average Bonchev–Trinajstić information content (AvgIpc) is 2.18. The van der Waals surface area contributed by atoms with Crippen LogP contribution in [0.25, 0.3) is 0 Å². The molecule has 2 rings (SSSR count). The third-order valence-corrected chi connectivity index (χ3v) is 2.50. The van der Waals surface area contributed by atoms with Crippen molar-refractivity contribution >= 4 is 12.4 Å². The molecule has 1 aromatic carbocycles. The van der Waals surface area contributed by atoms with Gasteiger partial charge in [-0.3, -0.25) is 0 Å². The molecule has 0 unspecified atom stereocenters. The predicted octanol–water partition coefficient (Wildman–Crippen LogP) is 3.05. The summed E-state index contributed by atoms with van der Waals surface area (Å²) in [5, 5.41) is 0. The van der Waals surface area contributed by atoms with Crippen LogP contribution in [0.5, 0.6) is 5.75 Å². The van der Waals surface area contributed by atoms with Crippen molar-refractivity contribution in [3.63, 3.8) is 0 Å². The minimum Gasteiger partial charge on any atom is -0.490 e. The molecule has 1 atom stereocenters. The lowest BCUT2D eigenvalue weighted by Gasteiger charge is -2.26. The Morgan fingerprint density at radius 2 is 1.94 bits per heavy atom. The first-order valence-corrected chi connectivity index (χ1v) is 4.69. The third-order valence-electron chi connectivity index (χ3n) is 2.50. The zero-order valence-corrected chi connectivity index (χ0v) is 9.37. The molecule has 0 saturated carbocycles. The van der Waals surface area contributed by atoms with E-state index in [-0.39, 0.29) is 36.7 Å². The van der Waals surface area contributed by atoms with Gasteiger partial charge in [-0.2, -0.15) is 13.2 Å². The van der Waals surface area contributed by atoms with E-state index in [1.807, 2.05) is 0 Å². The summed E-state index contributed by atoms with van der Waals surface area (Å²) in [6.45, 7) is 0.131. The average molecular weight is 272 g/mol. The van der Waals surface area contributed by atoms with Gasteiger partial charge in [0.2, 0.25) is 0 Å². The molecule has 2 nitrogen and oxygen atoms in total. The summed E-state index contributed by atoms with van der Waals surface area (Å²) in [6, 6.07) is 0.610. The maximum atomic E-state index is 13.3. The number of hydrogen-bond acceptors (Lipinski definition) is 2. The van der Waals surface area contributed by atoms with E-state index in [1.165, 1.54) is 0 Å². The number of halogens is 5. The molecule has 1 aromatic rings. The van der Waals surface area contributed by atoms with Crippen LogP contribution in [0.1, 0.15) is 23.6 Å². The highest BCUT2D eigenvalue weighted by Crippen LogP contribution is 2.42. The Kier molecular flexibility index (Phi) is 3.88. The molecule has 0 aliphatic carbocycles. The van der Waals surface area contributed by atoms with Crippen molar-refractivity contribution in [2.75, 3.05) is 6.61 Å². The third kappa shape index (κ3) is 2.47. The first-order chi connectivity index (χ1) is 7.41. The van der Waals surface area contributed by atoms with Gasteiger partial charge in [0.15, 0.2) is 11.6 Å². The van der Waals surface area contributed by atoms with Gasteiger partial charge in [0.05, 0.1) is 12.2 Å². The largest absolute Gasteiger partial charge is 0.490 e. The van der Waals surface area contributed by atoms with Crippen molar-refractivity contribution in [3.8, 4) is 5.75 Å². The monoisotopic (exact) mass is 271 g/mol. The second-order valence-corrected chi connectivity index (χ2v) is 3.58. The molecule has 0 saturated heterocycles. The highest BCUT2D eigenvalue weighted by atomic mass is 35.5. The normalized spacial score (nSPS) is 19.0. The van der Waals surface area contributed by atoms with Crippen LogP contribution >= 0.6 is 12.4 Å². The zero-order valence-electron chi connectivity index (χ0n) is 8.55. The van der Waals surface area contributed by atoms with Gasteiger partial charge in [-0.05, 0) is 12.1 Å². The van der Waals surface area contributed by atoms with E-state index in [4.69, 9.17) is 10.5 Å². The van der Waals surface area contributed by atoms with E-state index in [9.17, 15) is 17.6 Å². The second kappa shape index (κ2) is 4.70. The molecular formula is C10H10ClF4NO. The summed E-state index contributed by atoms with van der Waals surface area (Å²) < 4.78 is 56.1. The number of ether oxygens (including phenoxy) is 1. The second-order valence-electron chi connectivity index (χ2n) is 3.58. The summed E-state index contributed by atoms with van der Waals surface area (Å²) in [5.41, 5.74) is 4.37. The SMILES string of the molecule is Cl.N[C@H]1CCOc2c(F)ccc(C(F)(F)F)c21. The fraction of sp³-hybridized carbons (Fsp3) is 0.400. The summed E-state index contributed by atoms with van der Waals surface area (Å²) in [5.74, 6) is -1.17. The van der Waals surface area contributed by atoms with Crippen LogP contribution in [0.3, 0.4) is 0 Å². The number of nitrogens with two attached hydrogens (primary N) is 1. The van der Waals surface area contributed by atoms with Crippen LogP contribution in [0.15, 0.2) is 12.1 Å². The van der Waals surface area contributed by atoms with E-state index in [2.05, 4.69) is 0 Å². The fourth-order valence-corrected chi connectivity index (χ4v) is 1.77. The van der Waals surface area contributed by atoms with Gasteiger partial charge >= 0.3 is 6.18 Å². The van der Waals surface area contributed by atoms with Gasteiger partial charge in [0.1, 0.15) is 0 Å². The number of hydrogen-bond donors (Lipinski definition) is 1. The Bertz CT molecular complexity index is 422. The van der Waals surface area contributed by atoms with Gasteiger partial charge in [0, 0.05) is 18.0 Å². The lowest BCUT2D eigenvalue weighted by Crippen LogP contribution is -2.25. The van der Waals surface area contributed by atoms with E-state index in [1.54, 1.807) is 0 Å². The number of fused-ring (bicyclic) bond motifs is 1. The van der Waals surface area contributed by atoms with Crippen LogP contribution in [0.2, 0.25) is 0 Å². The summed E-state index contributed by atoms with van der Waals surface area (Å²) >= 11 is 0. The summed E-state index contributed by atoms with van der Waals surface area (Å²) in [6.07, 6.45) is -4.30. The van der Waals surface area contributed by atoms with E-state index in [0.717, 1.165) is 6.07 Å². The lowest BCUT2D eigenvalue weighted by molar-refractivity contribution is -0.138. The van der Waals surface area contributed by atoms with Gasteiger partial charge in [0.25, 0.3) is 0 Å². The summed E-state index contributed by atoms with van der Waals surface area (Å²) in [4.78, 5) is 0. The number of alkyl halides is 3. The topological polar surface area (TPSA) is 35.2 Å². The Hall–Kier alpha value is -1.01. The van der Waals surface area contributed by atoms with Crippen LogP contribution < -0.4 is 10.5 Å². The van der Waals surface area contributed by atoms with E-state index < -0.39 is 23.6 Å². The molecule has 2 N–H and O–H groups in total. The Labute approximate surface area is 101 Å². The van der Waals surface area contributed by atoms with Crippen molar-refractivity contribution in [2.45, 2.75) is 18.6 Å². The van der Waals surface area contributed by atoms with Gasteiger partial charge < -0.3 is 10.5 Å². The number of benzene rings is 1. The molecule has 0 bridgehead atoms. The maximum Gasteiger partial charge on any atom is 0.416 e. The standard InChI is InChI=1S/C10H9F4NO.ClH/c11-6-2-1-5(10(12,13)14)8-7(15)3-4-16-9(6)8;/h1-2,7H,3-4,15H2;1H/t7-;/m0./s1. The Morgan fingerprint density at radius 3 is 2.53 bits per heavy atom. The molecule has 0 aromatic heterocycles. The molecule has 0 spiro atoms. The molecule has 96 valence electrons. The molecule has 1 heterocycles. The van der Waals surface area contributed by atoms with Gasteiger partial charge in [-0.1, -0.05) is 0 Å². The van der Waals surface area contributed by atoms with E-state index >= 15 is 0 Å². The maximum absolute atomic E-state index is 13.3. The fourth-order valence-electron chi connectivity index (χ4n) is 1.77. The minimum absolute atomic E-state index is 0. The Morgan fingerprint density at radius 1 is 1.29 bits per heavy atom. The van der Waals surface area contributed by atoms with Crippen LogP contribution in [-0.2, 0) is 6.18 Å². The highest BCUT2D eigenvalue weighted by molar-refractivity contribution is 5.85. The van der Waals surface area contributed by atoms with Crippen LogP contribution in [0, 0.1) is 5.82 Å². The van der Waals surface area contributed by atoms with Crippen molar-refractivity contribution in [3.05, 3.63) is 29.1 Å². The van der Waals surface area contributed by atoms with E-state index in [0.29, 0.717) is 6.07 Å². The molecule has 0 radical (unpaired) electrons. The summed E-state index contributed by atoms with van der Waals surface area (Å²) in [7, 11) is 0. The molecule has 7 heteroatoms. The smallest absolute Gasteiger partial charge is 0.416 e. The molecular weight excluding hydrogens is 262 g/mol. The first kappa shape index (κ1) is 14.1. The first-order valence-electron chi connectivity index (χ1n) is 4.69. The highest BCUT2D eigenvalue weighted by Gasteiger charge is 2.38. The van der Waals surface area contributed by atoms with Crippen molar-refractivity contribution < 1.29 is 22.3 Å². The molecule has 0 fully saturated rings. The van der Waals surface area contributed by atoms with Crippen molar-refractivity contribution in [1.82, 2.24) is 0 Å². The Balaban J connectivity index is 0.00000144. The van der Waals surface area contributed by atoms with Gasteiger partial charge in [-0.15, -0.1) is 12.4 Å². The quantitative estimate of drug-likeness (QED) is 0.736. The molecule has 0 amide bonds. The van der Waals surface area contributed by atoms with Gasteiger partial charge in [-0.25, -0.2) is 4.39 Å². The van der Waals surface area contributed by atoms with Crippen LogP contribution in [-0.4, -0.2) is 6.61 Å². The van der Waals surface area contributed by atoms with Crippen LogP contribution in [0.4, 0.5) is 17.6 Å². The van der Waals surface area contributed by atoms with Crippen molar-refractivity contribution in [2.24, 2.45) is 5.73 Å². The molecule has 1 aliphatic heterocycles. The molecule has 17 heavy (non-hydrogen) atoms. The zero-order chi connectivity index (χ0) is 11.9. The predicted molar refractivity (Wildman–Crippen MR) is 55.7 cm³/mol.